The van der Waals surface area contributed by atoms with Gasteiger partial charge in [0.2, 0.25) is 11.8 Å². The number of carboxylic acids is 1. The summed E-state index contributed by atoms with van der Waals surface area (Å²) in [5, 5.41) is 15.8. The molecular formula is C9H12N2O3. The molecule has 0 atom stereocenters. The van der Waals surface area contributed by atoms with Gasteiger partial charge in [-0.25, -0.2) is 4.79 Å². The van der Waals surface area contributed by atoms with Gasteiger partial charge >= 0.3 is 5.97 Å². The van der Waals surface area contributed by atoms with Crippen molar-refractivity contribution in [1.82, 2.24) is 10.2 Å². The van der Waals surface area contributed by atoms with Crippen molar-refractivity contribution in [2.45, 2.75) is 20.3 Å². The van der Waals surface area contributed by atoms with Crippen LogP contribution in [0, 0.1) is 5.92 Å². The highest BCUT2D eigenvalue weighted by atomic mass is 16.4. The Bertz CT molecular complexity index is 342. The van der Waals surface area contributed by atoms with Crippen molar-refractivity contribution in [3.8, 4) is 0 Å². The number of hydrogen-bond acceptors (Lipinski definition) is 4. The van der Waals surface area contributed by atoms with E-state index in [-0.39, 0.29) is 5.89 Å². The molecule has 1 heterocycles. The average Bonchev–Trinajstić information content (AvgIpc) is 2.47. The Morgan fingerprint density at radius 2 is 2.29 bits per heavy atom. The predicted octanol–water partition coefficient (Wildman–Crippen LogP) is 1.37. The first-order valence-electron chi connectivity index (χ1n) is 4.31. The molecule has 0 unspecified atom stereocenters. The molecule has 0 aliphatic heterocycles. The Morgan fingerprint density at radius 1 is 1.57 bits per heavy atom. The first kappa shape index (κ1) is 10.4. The summed E-state index contributed by atoms with van der Waals surface area (Å²) < 4.78 is 5.17. The van der Waals surface area contributed by atoms with Crippen LogP contribution in [-0.4, -0.2) is 21.3 Å². The van der Waals surface area contributed by atoms with Crippen LogP contribution in [0.4, 0.5) is 0 Å². The average molecular weight is 196 g/mol. The lowest BCUT2D eigenvalue weighted by atomic mass is 10.1. The van der Waals surface area contributed by atoms with E-state index < -0.39 is 5.97 Å². The van der Waals surface area contributed by atoms with E-state index in [0.717, 1.165) is 6.08 Å². The second-order valence-corrected chi connectivity index (χ2v) is 3.30. The fourth-order valence-corrected chi connectivity index (χ4v) is 0.908. The third-order valence-corrected chi connectivity index (χ3v) is 1.43. The van der Waals surface area contributed by atoms with Gasteiger partial charge in [-0.1, -0.05) is 13.8 Å². The van der Waals surface area contributed by atoms with Crippen LogP contribution in [0.3, 0.4) is 0 Å². The monoisotopic (exact) mass is 196 g/mol. The zero-order chi connectivity index (χ0) is 10.6. The van der Waals surface area contributed by atoms with Crippen LogP contribution >= 0.6 is 0 Å². The molecule has 0 saturated carbocycles. The fourth-order valence-electron chi connectivity index (χ4n) is 0.908. The van der Waals surface area contributed by atoms with Crippen LogP contribution < -0.4 is 0 Å². The number of aliphatic carboxylic acids is 1. The Hall–Kier alpha value is -1.65. The van der Waals surface area contributed by atoms with E-state index in [0.29, 0.717) is 18.2 Å². The molecule has 0 bridgehead atoms. The summed E-state index contributed by atoms with van der Waals surface area (Å²) in [6.45, 7) is 4.08. The van der Waals surface area contributed by atoms with Crippen LogP contribution in [0.2, 0.25) is 0 Å². The molecule has 0 aliphatic carbocycles. The van der Waals surface area contributed by atoms with E-state index >= 15 is 0 Å². The zero-order valence-corrected chi connectivity index (χ0v) is 8.10. The van der Waals surface area contributed by atoms with Gasteiger partial charge in [0, 0.05) is 18.6 Å². The maximum Gasteiger partial charge on any atom is 0.328 e. The molecule has 5 nitrogen and oxygen atoms in total. The number of aromatic nitrogens is 2. The minimum Gasteiger partial charge on any atom is -0.478 e. The molecule has 0 aromatic carbocycles. The number of nitrogens with zero attached hydrogens (tertiary/aromatic N) is 2. The molecule has 76 valence electrons. The Kier molecular flexibility index (Phi) is 3.39. The number of rotatable bonds is 4. The van der Waals surface area contributed by atoms with Gasteiger partial charge in [0.25, 0.3) is 0 Å². The van der Waals surface area contributed by atoms with Gasteiger partial charge in [-0.15, -0.1) is 10.2 Å². The van der Waals surface area contributed by atoms with Crippen LogP contribution in [0.1, 0.15) is 25.6 Å². The minimum atomic E-state index is -1.03. The van der Waals surface area contributed by atoms with Gasteiger partial charge in [-0.2, -0.15) is 0 Å². The molecular weight excluding hydrogens is 184 g/mol. The molecule has 0 fully saturated rings. The van der Waals surface area contributed by atoms with Crippen molar-refractivity contribution in [2.75, 3.05) is 0 Å². The van der Waals surface area contributed by atoms with Gasteiger partial charge in [0.05, 0.1) is 0 Å². The highest BCUT2D eigenvalue weighted by molar-refractivity contribution is 5.84. The van der Waals surface area contributed by atoms with Crippen LogP contribution in [-0.2, 0) is 11.2 Å². The van der Waals surface area contributed by atoms with Crippen molar-refractivity contribution in [1.29, 1.82) is 0 Å². The van der Waals surface area contributed by atoms with Gasteiger partial charge in [-0.05, 0) is 5.92 Å². The molecule has 0 radical (unpaired) electrons. The quantitative estimate of drug-likeness (QED) is 0.736. The second kappa shape index (κ2) is 4.55. The summed E-state index contributed by atoms with van der Waals surface area (Å²) >= 11 is 0. The molecule has 0 saturated heterocycles. The van der Waals surface area contributed by atoms with E-state index in [9.17, 15) is 4.79 Å². The molecule has 0 aliphatic rings. The molecule has 1 N–H and O–H groups in total. The smallest absolute Gasteiger partial charge is 0.328 e. The number of carbonyl (C=O) groups is 1. The van der Waals surface area contributed by atoms with Gasteiger partial charge in [-0.3, -0.25) is 0 Å². The van der Waals surface area contributed by atoms with Crippen molar-refractivity contribution < 1.29 is 14.3 Å². The summed E-state index contributed by atoms with van der Waals surface area (Å²) in [7, 11) is 0. The van der Waals surface area contributed by atoms with Crippen LogP contribution in [0.15, 0.2) is 10.5 Å². The van der Waals surface area contributed by atoms with E-state index in [1.54, 1.807) is 0 Å². The number of carboxylic acid groups (broad SMARTS) is 1. The minimum absolute atomic E-state index is 0.225. The first-order valence-corrected chi connectivity index (χ1v) is 4.31. The van der Waals surface area contributed by atoms with Gasteiger partial charge in [0.15, 0.2) is 0 Å². The molecule has 0 spiro atoms. The maximum atomic E-state index is 10.2. The second-order valence-electron chi connectivity index (χ2n) is 3.30. The lowest BCUT2D eigenvalue weighted by Crippen LogP contribution is -1.93. The lowest BCUT2D eigenvalue weighted by Gasteiger charge is -1.96. The van der Waals surface area contributed by atoms with Gasteiger partial charge < -0.3 is 9.52 Å². The van der Waals surface area contributed by atoms with E-state index in [2.05, 4.69) is 10.2 Å². The van der Waals surface area contributed by atoms with Gasteiger partial charge in [0.1, 0.15) is 0 Å². The van der Waals surface area contributed by atoms with Crippen molar-refractivity contribution >= 4 is 12.0 Å². The predicted molar refractivity (Wildman–Crippen MR) is 49.5 cm³/mol. The first-order chi connectivity index (χ1) is 6.58. The summed E-state index contributed by atoms with van der Waals surface area (Å²) in [4.78, 5) is 10.2. The summed E-state index contributed by atoms with van der Waals surface area (Å²) in [6.07, 6.45) is 2.94. The summed E-state index contributed by atoms with van der Waals surface area (Å²) in [6, 6.07) is 0. The largest absolute Gasteiger partial charge is 0.478 e. The third kappa shape index (κ3) is 3.38. The molecule has 14 heavy (non-hydrogen) atoms. The van der Waals surface area contributed by atoms with E-state index in [4.69, 9.17) is 9.52 Å². The van der Waals surface area contributed by atoms with E-state index in [1.165, 1.54) is 6.08 Å². The lowest BCUT2D eigenvalue weighted by molar-refractivity contribution is -0.131. The summed E-state index contributed by atoms with van der Waals surface area (Å²) in [5.41, 5.74) is 0. The highest BCUT2D eigenvalue weighted by Gasteiger charge is 2.05. The van der Waals surface area contributed by atoms with Crippen LogP contribution in [0.5, 0.6) is 0 Å². The van der Waals surface area contributed by atoms with Crippen molar-refractivity contribution in [2.24, 2.45) is 5.92 Å². The normalized spacial score (nSPS) is 11.4. The van der Waals surface area contributed by atoms with Crippen molar-refractivity contribution in [3.63, 3.8) is 0 Å². The molecule has 1 aromatic heterocycles. The Labute approximate surface area is 81.5 Å². The van der Waals surface area contributed by atoms with E-state index in [1.807, 2.05) is 13.8 Å². The fraction of sp³-hybridized carbons (Fsp3) is 0.444. The zero-order valence-electron chi connectivity index (χ0n) is 8.10. The van der Waals surface area contributed by atoms with Crippen LogP contribution in [0.25, 0.3) is 6.08 Å². The molecule has 5 heteroatoms. The molecule has 1 rings (SSSR count). The Morgan fingerprint density at radius 3 is 2.86 bits per heavy atom. The maximum absolute atomic E-state index is 10.2. The topological polar surface area (TPSA) is 76.2 Å². The SMILES string of the molecule is CC(C)Cc1nnc(/C=C/C(=O)O)o1. The standard InChI is InChI=1S/C9H12N2O3/c1-6(2)5-8-11-10-7(14-8)3-4-9(12)13/h3-4,6H,5H2,1-2H3,(H,12,13)/b4-3+. The number of hydrogen-bond donors (Lipinski definition) is 1. The molecule has 0 amide bonds. The van der Waals surface area contributed by atoms with Crippen molar-refractivity contribution in [3.05, 3.63) is 17.9 Å². The molecule has 1 aromatic rings. The Balaban J connectivity index is 2.63. The highest BCUT2D eigenvalue weighted by Crippen LogP contribution is 2.07. The summed E-state index contributed by atoms with van der Waals surface area (Å²) in [5.74, 6) is 0.161. The third-order valence-electron chi connectivity index (χ3n) is 1.43.